The number of Topliss-reactive ketones (excluding diaryl/α,β-unsaturated/α-hetero) is 1. The van der Waals surface area contributed by atoms with Crippen molar-refractivity contribution in [1.82, 2.24) is 9.80 Å². The molecule has 1 aliphatic carbocycles. The van der Waals surface area contributed by atoms with E-state index in [9.17, 15) is 9.59 Å². The van der Waals surface area contributed by atoms with E-state index >= 15 is 0 Å². The largest absolute Gasteiger partial charge is 0.358 e. The van der Waals surface area contributed by atoms with Crippen molar-refractivity contribution in [2.24, 2.45) is 4.99 Å². The number of carbonyl (C=O) groups is 2. The summed E-state index contributed by atoms with van der Waals surface area (Å²) in [5.74, 6) is 0.247. The quantitative estimate of drug-likeness (QED) is 0.516. The van der Waals surface area contributed by atoms with Crippen LogP contribution in [-0.2, 0) is 24.2 Å². The summed E-state index contributed by atoms with van der Waals surface area (Å²) in [7, 11) is 0. The van der Waals surface area contributed by atoms with E-state index in [1.54, 1.807) is 11.3 Å². The molecule has 6 rings (SSSR count). The Labute approximate surface area is 229 Å². The smallest absolute Gasteiger partial charge is 0.254 e. The van der Waals surface area contributed by atoms with E-state index in [-0.39, 0.29) is 17.7 Å². The molecule has 3 aliphatic heterocycles. The lowest BCUT2D eigenvalue weighted by Gasteiger charge is -2.27. The number of aryl methyl sites for hydroxylation is 1. The fraction of sp³-hybridized carbons (Fsp3) is 0.452. The minimum atomic E-state index is 0.0770. The van der Waals surface area contributed by atoms with E-state index in [0.29, 0.717) is 31.0 Å². The number of fused-ring (bicyclic) bond motifs is 2. The molecule has 38 heavy (non-hydrogen) atoms. The molecule has 1 amide bonds. The molecular formula is C31H36N4O2S. The number of thiophene rings is 1. The van der Waals surface area contributed by atoms with Crippen LogP contribution >= 0.6 is 11.3 Å². The second kappa shape index (κ2) is 10.3. The Kier molecular flexibility index (Phi) is 6.82. The Morgan fingerprint density at radius 3 is 2.89 bits per heavy atom. The number of ketones is 1. The standard InChI is InChI=1S/C31H36N4O2S/c1-4-34-11-6-7-23(34)18-35-17-22-16-26-21(14-24(22)31(35)37)15-27(33-26)30-25(8-5-9-28(30)36)32-20(3)13-29-19(2)10-12-38-29/h5,8,10,12,14,16,20,23,33H,4,6-7,9,11,13,15,17-18H2,1-3H3/t20-,23+/m0/s1. The van der Waals surface area contributed by atoms with Gasteiger partial charge in [0.2, 0.25) is 0 Å². The predicted octanol–water partition coefficient (Wildman–Crippen LogP) is 5.32. The van der Waals surface area contributed by atoms with Crippen LogP contribution in [0.2, 0.25) is 0 Å². The minimum Gasteiger partial charge on any atom is -0.358 e. The molecular weight excluding hydrogens is 492 g/mol. The molecule has 1 saturated heterocycles. The van der Waals surface area contributed by atoms with Crippen LogP contribution < -0.4 is 5.32 Å². The number of aliphatic imine (C=N–C) groups is 1. The number of carbonyl (C=O) groups excluding carboxylic acids is 2. The number of rotatable bonds is 6. The molecule has 2 aromatic rings. The number of hydrogen-bond acceptors (Lipinski definition) is 6. The SMILES string of the molecule is CCN1CCC[C@@H]1CN1Cc2cc3c(cc2C1=O)CC(=C1C(=O)CC=CC1=N[C@@H](C)Cc1sccc1C)N3. The maximum Gasteiger partial charge on any atom is 0.254 e. The zero-order chi connectivity index (χ0) is 26.4. The summed E-state index contributed by atoms with van der Waals surface area (Å²) in [6.07, 6.45) is 8.18. The average Bonchev–Trinajstić information content (AvgIpc) is 3.66. The summed E-state index contributed by atoms with van der Waals surface area (Å²) in [6.45, 7) is 10.1. The summed E-state index contributed by atoms with van der Waals surface area (Å²) in [4.78, 5) is 37.3. The van der Waals surface area contributed by atoms with E-state index in [2.05, 4.69) is 54.6 Å². The van der Waals surface area contributed by atoms with Crippen LogP contribution in [-0.4, -0.2) is 58.9 Å². The van der Waals surface area contributed by atoms with Crippen molar-refractivity contribution in [2.45, 2.75) is 71.5 Å². The molecule has 7 heteroatoms. The minimum absolute atomic E-state index is 0.0770. The summed E-state index contributed by atoms with van der Waals surface area (Å²) in [5, 5.41) is 5.67. The van der Waals surface area contributed by atoms with E-state index in [1.165, 1.54) is 23.3 Å². The summed E-state index contributed by atoms with van der Waals surface area (Å²) in [6, 6.07) is 6.88. The lowest BCUT2D eigenvalue weighted by atomic mass is 9.93. The molecule has 0 radical (unpaired) electrons. The third-order valence-electron chi connectivity index (χ3n) is 8.42. The van der Waals surface area contributed by atoms with Gasteiger partial charge in [-0.3, -0.25) is 19.5 Å². The van der Waals surface area contributed by atoms with Crippen LogP contribution in [0, 0.1) is 6.92 Å². The van der Waals surface area contributed by atoms with Gasteiger partial charge in [0.15, 0.2) is 5.78 Å². The topological polar surface area (TPSA) is 65.0 Å². The first-order chi connectivity index (χ1) is 18.4. The van der Waals surface area contributed by atoms with Crippen LogP contribution in [0.1, 0.15) is 65.0 Å². The summed E-state index contributed by atoms with van der Waals surface area (Å²) >= 11 is 1.77. The highest BCUT2D eigenvalue weighted by Crippen LogP contribution is 2.37. The number of benzene rings is 1. The van der Waals surface area contributed by atoms with Crippen molar-refractivity contribution < 1.29 is 9.59 Å². The van der Waals surface area contributed by atoms with Crippen LogP contribution in [0.5, 0.6) is 0 Å². The zero-order valence-electron chi connectivity index (χ0n) is 22.5. The second-order valence-electron chi connectivity index (χ2n) is 11.1. The maximum atomic E-state index is 13.3. The number of allylic oxidation sites excluding steroid dienone is 4. The van der Waals surface area contributed by atoms with Gasteiger partial charge in [-0.15, -0.1) is 11.3 Å². The fourth-order valence-electron chi connectivity index (χ4n) is 6.40. The van der Waals surface area contributed by atoms with Gasteiger partial charge in [0, 0.05) is 60.2 Å². The fourth-order valence-corrected chi connectivity index (χ4v) is 7.43. The first-order valence-electron chi connectivity index (χ1n) is 13.9. The molecule has 0 unspecified atom stereocenters. The number of nitrogens with zero attached hydrogens (tertiary/aromatic N) is 3. The van der Waals surface area contributed by atoms with Gasteiger partial charge in [-0.1, -0.05) is 13.0 Å². The highest BCUT2D eigenvalue weighted by atomic mass is 32.1. The van der Waals surface area contributed by atoms with Crippen LogP contribution in [0.3, 0.4) is 0 Å². The molecule has 6 nitrogen and oxygen atoms in total. The van der Waals surface area contributed by atoms with Gasteiger partial charge in [-0.25, -0.2) is 0 Å². The molecule has 0 saturated carbocycles. The number of likely N-dealkylation sites (N-methyl/N-ethyl adjacent to an activating group) is 1. The lowest BCUT2D eigenvalue weighted by molar-refractivity contribution is -0.114. The third kappa shape index (κ3) is 4.67. The van der Waals surface area contributed by atoms with Crippen LogP contribution in [0.15, 0.2) is 52.0 Å². The van der Waals surface area contributed by atoms with E-state index < -0.39 is 0 Å². The van der Waals surface area contributed by atoms with Crippen molar-refractivity contribution in [2.75, 3.05) is 25.0 Å². The lowest BCUT2D eigenvalue weighted by Crippen LogP contribution is -2.40. The Hall–Kier alpha value is -3.03. The number of nitrogens with one attached hydrogen (secondary N) is 1. The number of hydrogen-bond donors (Lipinski definition) is 1. The Morgan fingerprint density at radius 2 is 2.11 bits per heavy atom. The number of anilines is 1. The van der Waals surface area contributed by atoms with Crippen molar-refractivity contribution in [3.05, 3.63) is 74.1 Å². The maximum absolute atomic E-state index is 13.3. The zero-order valence-corrected chi connectivity index (χ0v) is 23.4. The van der Waals surface area contributed by atoms with Gasteiger partial charge < -0.3 is 10.2 Å². The second-order valence-corrected chi connectivity index (χ2v) is 12.1. The number of likely N-dealkylation sites (tertiary alicyclic amines) is 1. The third-order valence-corrected chi connectivity index (χ3v) is 9.47. The highest BCUT2D eigenvalue weighted by Gasteiger charge is 2.35. The van der Waals surface area contributed by atoms with Crippen LogP contribution in [0.25, 0.3) is 0 Å². The van der Waals surface area contributed by atoms with Gasteiger partial charge >= 0.3 is 0 Å². The molecule has 1 N–H and O–H groups in total. The first-order valence-corrected chi connectivity index (χ1v) is 14.8. The van der Waals surface area contributed by atoms with Gasteiger partial charge in [-0.05, 0) is 86.1 Å². The normalized spacial score (nSPS) is 24.9. The van der Waals surface area contributed by atoms with Gasteiger partial charge in [-0.2, -0.15) is 0 Å². The molecule has 198 valence electrons. The van der Waals surface area contributed by atoms with Crippen molar-refractivity contribution in [3.63, 3.8) is 0 Å². The summed E-state index contributed by atoms with van der Waals surface area (Å²) in [5.41, 5.74) is 7.68. The molecule has 1 aromatic carbocycles. The van der Waals surface area contributed by atoms with Gasteiger partial charge in [0.05, 0.1) is 17.3 Å². The molecule has 4 aliphatic rings. The summed E-state index contributed by atoms with van der Waals surface area (Å²) < 4.78 is 0. The molecule has 4 heterocycles. The number of amides is 1. The first kappa shape index (κ1) is 25.3. The van der Waals surface area contributed by atoms with Gasteiger partial charge in [0.1, 0.15) is 0 Å². The van der Waals surface area contributed by atoms with Crippen molar-refractivity contribution in [3.8, 4) is 0 Å². The van der Waals surface area contributed by atoms with Crippen molar-refractivity contribution in [1.29, 1.82) is 0 Å². The Bertz CT molecular complexity index is 1380. The monoisotopic (exact) mass is 528 g/mol. The van der Waals surface area contributed by atoms with E-state index in [4.69, 9.17) is 4.99 Å². The van der Waals surface area contributed by atoms with Crippen molar-refractivity contribution >= 4 is 34.4 Å². The Balaban J connectivity index is 1.22. The van der Waals surface area contributed by atoms with E-state index in [0.717, 1.165) is 59.8 Å². The molecule has 1 aromatic heterocycles. The molecule has 1 fully saturated rings. The average molecular weight is 529 g/mol. The van der Waals surface area contributed by atoms with Gasteiger partial charge in [0.25, 0.3) is 5.91 Å². The predicted molar refractivity (Wildman–Crippen MR) is 154 cm³/mol. The Morgan fingerprint density at radius 1 is 1.24 bits per heavy atom. The molecule has 0 spiro atoms. The van der Waals surface area contributed by atoms with E-state index in [1.807, 2.05) is 17.1 Å². The molecule has 0 bridgehead atoms. The highest BCUT2D eigenvalue weighted by molar-refractivity contribution is 7.10. The van der Waals surface area contributed by atoms with Crippen LogP contribution in [0.4, 0.5) is 5.69 Å². The molecule has 2 atom stereocenters.